The van der Waals surface area contributed by atoms with Gasteiger partial charge in [-0.15, -0.1) is 0 Å². The highest BCUT2D eigenvalue weighted by Crippen LogP contribution is 2.32. The molecule has 0 fully saturated rings. The summed E-state index contributed by atoms with van der Waals surface area (Å²) in [5.74, 6) is -1.14. The van der Waals surface area contributed by atoms with Gasteiger partial charge in [-0.2, -0.15) is 0 Å². The number of carbonyl (C=O) groups is 2. The Hall–Kier alpha value is -4.41. The molecule has 0 saturated carbocycles. The van der Waals surface area contributed by atoms with Gasteiger partial charge in [0.2, 0.25) is 11.8 Å². The van der Waals surface area contributed by atoms with Crippen molar-refractivity contribution in [2.75, 3.05) is 24.5 Å². The third-order valence-corrected chi connectivity index (χ3v) is 9.48. The maximum absolute atomic E-state index is 14.5. The van der Waals surface area contributed by atoms with Gasteiger partial charge in [-0.3, -0.25) is 13.9 Å². The number of halogens is 2. The minimum atomic E-state index is -4.30. The van der Waals surface area contributed by atoms with Crippen LogP contribution in [0.4, 0.5) is 10.1 Å². The van der Waals surface area contributed by atoms with Crippen molar-refractivity contribution in [2.24, 2.45) is 0 Å². The molecule has 0 aliphatic rings. The molecule has 2 amide bonds. The molecule has 0 heterocycles. The van der Waals surface area contributed by atoms with Crippen LogP contribution in [-0.4, -0.2) is 51.4 Å². The van der Waals surface area contributed by atoms with Crippen molar-refractivity contribution in [3.05, 3.63) is 125 Å². The highest BCUT2D eigenvalue weighted by molar-refractivity contribution is 7.92. The largest absolute Gasteiger partial charge is 0.495 e. The number of anilines is 1. The van der Waals surface area contributed by atoms with Crippen LogP contribution >= 0.6 is 11.6 Å². The average molecular weight is 666 g/mol. The average Bonchev–Trinajstić information content (AvgIpc) is 3.05. The van der Waals surface area contributed by atoms with Gasteiger partial charge in [-0.1, -0.05) is 78.7 Å². The van der Waals surface area contributed by atoms with Gasteiger partial charge in [0.15, 0.2) is 0 Å². The molecule has 4 rings (SSSR count). The lowest BCUT2D eigenvalue weighted by Gasteiger charge is -2.34. The van der Waals surface area contributed by atoms with Crippen molar-refractivity contribution < 1.29 is 27.1 Å². The predicted octanol–water partition coefficient (Wildman–Crippen LogP) is 6.16. The van der Waals surface area contributed by atoms with Crippen molar-refractivity contribution in [3.63, 3.8) is 0 Å². The Bertz CT molecular complexity index is 1740. The number of methoxy groups -OCH3 is 1. The summed E-state index contributed by atoms with van der Waals surface area (Å²) in [4.78, 5) is 29.5. The second kappa shape index (κ2) is 15.7. The van der Waals surface area contributed by atoms with E-state index in [1.807, 2.05) is 44.2 Å². The number of nitrogens with zero attached hydrogens (tertiary/aromatic N) is 2. The van der Waals surface area contributed by atoms with Gasteiger partial charge >= 0.3 is 0 Å². The van der Waals surface area contributed by atoms with Crippen LogP contribution in [-0.2, 0) is 32.6 Å². The molecule has 4 aromatic rings. The first-order valence-corrected chi connectivity index (χ1v) is 16.6. The molecule has 242 valence electrons. The maximum atomic E-state index is 14.5. The first-order valence-electron chi connectivity index (χ1n) is 14.8. The summed E-state index contributed by atoms with van der Waals surface area (Å²) in [6.45, 7) is 3.43. The SMILES string of the molecule is CCCNC(=O)[C@@H](Cc1ccccc1)N(Cc1ccc(F)cc1)C(=O)CN(c1ccc(OC)c(Cl)c1)S(=O)(=O)c1ccc(C)cc1. The molecule has 0 radical (unpaired) electrons. The van der Waals surface area contributed by atoms with E-state index in [-0.39, 0.29) is 34.5 Å². The molecule has 0 bridgehead atoms. The third-order valence-electron chi connectivity index (χ3n) is 7.40. The molecular weight excluding hydrogens is 629 g/mol. The molecule has 0 saturated heterocycles. The minimum absolute atomic E-state index is 0.0237. The van der Waals surface area contributed by atoms with Crippen molar-refractivity contribution in [2.45, 2.75) is 44.2 Å². The Morgan fingerprint density at radius 2 is 1.61 bits per heavy atom. The van der Waals surface area contributed by atoms with Gasteiger partial charge in [0.1, 0.15) is 24.2 Å². The molecule has 0 aliphatic carbocycles. The summed E-state index contributed by atoms with van der Waals surface area (Å²) in [5, 5.41) is 3.05. The van der Waals surface area contributed by atoms with E-state index in [2.05, 4.69) is 5.32 Å². The first-order chi connectivity index (χ1) is 22.0. The monoisotopic (exact) mass is 665 g/mol. The lowest BCUT2D eigenvalue weighted by Crippen LogP contribution is -2.53. The van der Waals surface area contributed by atoms with Crippen LogP contribution in [0.25, 0.3) is 0 Å². The van der Waals surface area contributed by atoms with Crippen molar-refractivity contribution in [1.29, 1.82) is 0 Å². The Morgan fingerprint density at radius 1 is 0.935 bits per heavy atom. The van der Waals surface area contributed by atoms with Crippen LogP contribution in [0, 0.1) is 12.7 Å². The first kappa shape index (κ1) is 34.5. The number of carbonyl (C=O) groups excluding carboxylic acids is 2. The molecular formula is C35H37ClFN3O5S. The number of hydrogen-bond acceptors (Lipinski definition) is 5. The van der Waals surface area contributed by atoms with Crippen molar-refractivity contribution in [3.8, 4) is 5.75 Å². The van der Waals surface area contributed by atoms with Crippen molar-refractivity contribution >= 4 is 39.1 Å². The summed E-state index contributed by atoms with van der Waals surface area (Å²) in [6, 6.07) is 24.6. The van der Waals surface area contributed by atoms with Crippen LogP contribution in [0.1, 0.15) is 30.0 Å². The van der Waals surface area contributed by atoms with E-state index in [0.29, 0.717) is 24.3 Å². The highest BCUT2D eigenvalue weighted by atomic mass is 35.5. The number of rotatable bonds is 14. The Labute approximate surface area is 274 Å². The molecule has 0 aliphatic heterocycles. The number of ether oxygens (including phenoxy) is 1. The van der Waals surface area contributed by atoms with Crippen molar-refractivity contribution in [1.82, 2.24) is 10.2 Å². The molecule has 1 N–H and O–H groups in total. The smallest absolute Gasteiger partial charge is 0.264 e. The van der Waals surface area contributed by atoms with Gasteiger partial charge in [0.05, 0.1) is 22.7 Å². The Kier molecular flexibility index (Phi) is 11.8. The van der Waals surface area contributed by atoms with E-state index in [4.69, 9.17) is 16.3 Å². The van der Waals surface area contributed by atoms with Crippen LogP contribution in [0.15, 0.2) is 102 Å². The number of hydrogen-bond donors (Lipinski definition) is 1. The zero-order valence-electron chi connectivity index (χ0n) is 26.0. The molecule has 0 unspecified atom stereocenters. The topological polar surface area (TPSA) is 96.0 Å². The summed E-state index contributed by atoms with van der Waals surface area (Å²) in [7, 11) is -2.86. The fourth-order valence-corrected chi connectivity index (χ4v) is 6.54. The standard InChI is InChI=1S/C35H37ClFN3O5S/c1-4-20-38-35(42)32(21-26-8-6-5-7-9-26)39(23-27-12-14-28(37)15-13-27)34(41)24-40(29-16-19-33(45-3)31(36)22-29)46(43,44)30-17-10-25(2)11-18-30/h5-19,22,32H,4,20-21,23-24H2,1-3H3,(H,38,42)/t32-/m1/s1. The summed E-state index contributed by atoms with van der Waals surface area (Å²) >= 11 is 6.42. The second-order valence-corrected chi connectivity index (χ2v) is 13.1. The number of nitrogens with one attached hydrogen (secondary N) is 1. The van der Waals surface area contributed by atoms with Crippen LogP contribution < -0.4 is 14.4 Å². The van der Waals surface area contributed by atoms with Crippen LogP contribution in [0.2, 0.25) is 5.02 Å². The van der Waals surface area contributed by atoms with E-state index in [1.165, 1.54) is 66.6 Å². The fourth-order valence-electron chi connectivity index (χ4n) is 4.88. The fraction of sp³-hybridized carbons (Fsp3) is 0.257. The van der Waals surface area contributed by atoms with Gasteiger partial charge in [-0.05, 0) is 66.9 Å². The highest BCUT2D eigenvalue weighted by Gasteiger charge is 2.34. The molecule has 1 atom stereocenters. The second-order valence-electron chi connectivity index (χ2n) is 10.8. The lowest BCUT2D eigenvalue weighted by atomic mass is 10.0. The van der Waals surface area contributed by atoms with E-state index in [9.17, 15) is 22.4 Å². The van der Waals surface area contributed by atoms with Gasteiger partial charge in [0.25, 0.3) is 10.0 Å². The van der Waals surface area contributed by atoms with E-state index < -0.39 is 34.3 Å². The molecule has 46 heavy (non-hydrogen) atoms. The number of amides is 2. The lowest BCUT2D eigenvalue weighted by molar-refractivity contribution is -0.140. The summed E-state index contributed by atoms with van der Waals surface area (Å²) in [5.41, 5.74) is 2.37. The summed E-state index contributed by atoms with van der Waals surface area (Å²) in [6.07, 6.45) is 0.846. The summed E-state index contributed by atoms with van der Waals surface area (Å²) < 4.78 is 48.4. The normalized spacial score (nSPS) is 11.8. The Morgan fingerprint density at radius 3 is 2.22 bits per heavy atom. The maximum Gasteiger partial charge on any atom is 0.264 e. The molecule has 8 nitrogen and oxygen atoms in total. The molecule has 0 spiro atoms. The van der Waals surface area contributed by atoms with Gasteiger partial charge in [-0.25, -0.2) is 12.8 Å². The zero-order valence-corrected chi connectivity index (χ0v) is 27.5. The van der Waals surface area contributed by atoms with E-state index >= 15 is 0 Å². The number of aryl methyl sites for hydroxylation is 1. The Balaban J connectivity index is 1.81. The number of benzene rings is 4. The molecule has 4 aromatic carbocycles. The number of sulfonamides is 1. The molecule has 11 heteroatoms. The van der Waals surface area contributed by atoms with Crippen LogP contribution in [0.3, 0.4) is 0 Å². The third kappa shape index (κ3) is 8.64. The van der Waals surface area contributed by atoms with Gasteiger partial charge in [0, 0.05) is 19.5 Å². The van der Waals surface area contributed by atoms with E-state index in [0.717, 1.165) is 15.4 Å². The van der Waals surface area contributed by atoms with Gasteiger partial charge < -0.3 is 15.0 Å². The minimum Gasteiger partial charge on any atom is -0.495 e. The van der Waals surface area contributed by atoms with Crippen LogP contribution in [0.5, 0.6) is 5.75 Å². The van der Waals surface area contributed by atoms with E-state index in [1.54, 1.807) is 12.1 Å². The zero-order chi connectivity index (χ0) is 33.3. The predicted molar refractivity (Wildman–Crippen MR) is 178 cm³/mol. The molecule has 0 aromatic heterocycles. The quantitative estimate of drug-likeness (QED) is 0.174.